The first-order valence-corrected chi connectivity index (χ1v) is 6.83. The maximum Gasteiger partial charge on any atom is 0.330 e. The van der Waals surface area contributed by atoms with Crippen LogP contribution in [0.1, 0.15) is 5.56 Å². The van der Waals surface area contributed by atoms with E-state index in [-0.39, 0.29) is 0 Å². The minimum Gasteiger partial charge on any atom is -0.462 e. The molecule has 0 aromatic heterocycles. The van der Waals surface area contributed by atoms with Crippen LogP contribution in [-0.4, -0.2) is 12.6 Å². The molecule has 0 atom stereocenters. The highest BCUT2D eigenvalue weighted by Gasteiger charge is 1.99. The van der Waals surface area contributed by atoms with E-state index in [0.29, 0.717) is 18.7 Å². The number of azo groups is 1. The molecule has 0 spiro atoms. The standard InChI is InChI=1S/C17H17N3O2/c1-2-17(21)22-11-10-13-4-3-5-16(12-13)20-19-15-8-6-14(18)7-9-15/h2-9,12H,1,10-11,18H2. The van der Waals surface area contributed by atoms with E-state index in [2.05, 4.69) is 16.8 Å². The number of nitrogen functional groups attached to an aromatic ring is 1. The Kier molecular flexibility index (Phi) is 5.43. The normalized spacial score (nSPS) is 10.5. The Balaban J connectivity index is 1.97. The first-order chi connectivity index (χ1) is 10.7. The van der Waals surface area contributed by atoms with Gasteiger partial charge in [0, 0.05) is 18.2 Å². The fourth-order valence-electron chi connectivity index (χ4n) is 1.76. The average Bonchev–Trinajstić information content (AvgIpc) is 2.54. The van der Waals surface area contributed by atoms with Crippen molar-refractivity contribution in [1.82, 2.24) is 0 Å². The molecule has 0 aliphatic carbocycles. The van der Waals surface area contributed by atoms with E-state index in [1.165, 1.54) is 0 Å². The summed E-state index contributed by atoms with van der Waals surface area (Å²) in [6, 6.07) is 14.8. The third-order valence-corrected chi connectivity index (χ3v) is 2.89. The first kappa shape index (κ1) is 15.4. The number of nitrogens with zero attached hydrogens (tertiary/aromatic N) is 2. The van der Waals surface area contributed by atoms with Gasteiger partial charge in [0.1, 0.15) is 0 Å². The Morgan fingerprint density at radius 2 is 1.86 bits per heavy atom. The van der Waals surface area contributed by atoms with Gasteiger partial charge in [0.05, 0.1) is 18.0 Å². The molecular weight excluding hydrogens is 278 g/mol. The molecule has 5 nitrogen and oxygen atoms in total. The fourth-order valence-corrected chi connectivity index (χ4v) is 1.76. The van der Waals surface area contributed by atoms with Crippen molar-refractivity contribution in [3.63, 3.8) is 0 Å². The average molecular weight is 295 g/mol. The predicted octanol–water partition coefficient (Wildman–Crippen LogP) is 3.96. The highest BCUT2D eigenvalue weighted by Crippen LogP contribution is 2.20. The summed E-state index contributed by atoms with van der Waals surface area (Å²) < 4.78 is 4.95. The summed E-state index contributed by atoms with van der Waals surface area (Å²) >= 11 is 0. The molecule has 0 saturated carbocycles. The third kappa shape index (κ3) is 4.86. The van der Waals surface area contributed by atoms with Crippen molar-refractivity contribution >= 4 is 23.0 Å². The number of nitrogens with two attached hydrogens (primary N) is 1. The van der Waals surface area contributed by atoms with E-state index in [4.69, 9.17) is 10.5 Å². The summed E-state index contributed by atoms with van der Waals surface area (Å²) in [7, 11) is 0. The van der Waals surface area contributed by atoms with Gasteiger partial charge >= 0.3 is 5.97 Å². The minimum atomic E-state index is -0.417. The molecule has 0 amide bonds. The molecule has 112 valence electrons. The Bertz CT molecular complexity index is 679. The van der Waals surface area contributed by atoms with Crippen LogP contribution >= 0.6 is 0 Å². The molecule has 0 radical (unpaired) electrons. The molecular formula is C17H17N3O2. The highest BCUT2D eigenvalue weighted by atomic mass is 16.5. The maximum atomic E-state index is 11.0. The van der Waals surface area contributed by atoms with Gasteiger partial charge in [-0.3, -0.25) is 0 Å². The number of esters is 1. The van der Waals surface area contributed by atoms with E-state index in [1.54, 1.807) is 24.3 Å². The summed E-state index contributed by atoms with van der Waals surface area (Å²) in [5.41, 5.74) is 8.80. The van der Waals surface area contributed by atoms with Crippen molar-refractivity contribution < 1.29 is 9.53 Å². The number of carbonyl (C=O) groups is 1. The van der Waals surface area contributed by atoms with Gasteiger partial charge in [-0.1, -0.05) is 18.7 Å². The lowest BCUT2D eigenvalue weighted by molar-refractivity contribution is -0.137. The lowest BCUT2D eigenvalue weighted by Gasteiger charge is -2.03. The molecule has 2 N–H and O–H groups in total. The summed E-state index contributed by atoms with van der Waals surface area (Å²) in [5, 5.41) is 8.34. The van der Waals surface area contributed by atoms with Gasteiger partial charge < -0.3 is 10.5 Å². The number of hydrogen-bond acceptors (Lipinski definition) is 5. The van der Waals surface area contributed by atoms with Crippen LogP contribution in [0, 0.1) is 0 Å². The second-order valence-corrected chi connectivity index (χ2v) is 4.58. The summed E-state index contributed by atoms with van der Waals surface area (Å²) in [6.07, 6.45) is 1.77. The number of rotatable bonds is 6. The molecule has 2 aromatic rings. The van der Waals surface area contributed by atoms with Crippen LogP contribution in [0.25, 0.3) is 0 Å². The Labute approximate surface area is 129 Å². The summed E-state index contributed by atoms with van der Waals surface area (Å²) in [4.78, 5) is 11.0. The smallest absolute Gasteiger partial charge is 0.330 e. The Morgan fingerprint density at radius 3 is 2.59 bits per heavy atom. The maximum absolute atomic E-state index is 11.0. The van der Waals surface area contributed by atoms with E-state index in [0.717, 1.165) is 23.0 Å². The first-order valence-electron chi connectivity index (χ1n) is 6.83. The molecule has 22 heavy (non-hydrogen) atoms. The second kappa shape index (κ2) is 7.73. The molecule has 0 heterocycles. The molecule has 2 rings (SSSR count). The van der Waals surface area contributed by atoms with E-state index in [1.807, 2.05) is 24.3 Å². The SMILES string of the molecule is C=CC(=O)OCCc1cccc(N=Nc2ccc(N)cc2)c1. The topological polar surface area (TPSA) is 77.0 Å². The summed E-state index contributed by atoms with van der Waals surface area (Å²) in [5.74, 6) is -0.417. The fraction of sp³-hybridized carbons (Fsp3) is 0.118. The molecule has 0 aliphatic heterocycles. The van der Waals surface area contributed by atoms with Gasteiger partial charge in [0.25, 0.3) is 0 Å². The zero-order valence-electron chi connectivity index (χ0n) is 12.1. The molecule has 0 unspecified atom stereocenters. The van der Waals surface area contributed by atoms with Crippen molar-refractivity contribution in [2.75, 3.05) is 12.3 Å². The van der Waals surface area contributed by atoms with Crippen LogP contribution in [0.2, 0.25) is 0 Å². The third-order valence-electron chi connectivity index (χ3n) is 2.89. The molecule has 0 fully saturated rings. The van der Waals surface area contributed by atoms with Crippen molar-refractivity contribution in [1.29, 1.82) is 0 Å². The highest BCUT2D eigenvalue weighted by molar-refractivity contribution is 5.81. The number of ether oxygens (including phenoxy) is 1. The lowest BCUT2D eigenvalue weighted by atomic mass is 10.1. The van der Waals surface area contributed by atoms with Gasteiger partial charge in [-0.05, 0) is 42.0 Å². The number of anilines is 1. The van der Waals surface area contributed by atoms with E-state index >= 15 is 0 Å². The van der Waals surface area contributed by atoms with Crippen molar-refractivity contribution in [3.05, 3.63) is 66.7 Å². The molecule has 0 saturated heterocycles. The number of hydrogen-bond donors (Lipinski definition) is 1. The van der Waals surface area contributed by atoms with E-state index in [9.17, 15) is 4.79 Å². The monoisotopic (exact) mass is 295 g/mol. The molecule has 5 heteroatoms. The van der Waals surface area contributed by atoms with Crippen LogP contribution in [0.15, 0.2) is 71.4 Å². The van der Waals surface area contributed by atoms with Crippen molar-refractivity contribution in [2.24, 2.45) is 10.2 Å². The lowest BCUT2D eigenvalue weighted by Crippen LogP contribution is -2.04. The molecule has 0 aliphatic rings. The number of benzene rings is 2. The zero-order chi connectivity index (χ0) is 15.8. The number of carbonyl (C=O) groups excluding carboxylic acids is 1. The van der Waals surface area contributed by atoms with Gasteiger partial charge in [0.15, 0.2) is 0 Å². The minimum absolute atomic E-state index is 0.309. The Hall–Kier alpha value is -2.95. The van der Waals surface area contributed by atoms with Gasteiger partial charge in [-0.25, -0.2) is 4.79 Å². The van der Waals surface area contributed by atoms with Gasteiger partial charge in [0.2, 0.25) is 0 Å². The predicted molar refractivity (Wildman–Crippen MR) is 86.3 cm³/mol. The molecule has 0 bridgehead atoms. The quantitative estimate of drug-likeness (QED) is 0.379. The second-order valence-electron chi connectivity index (χ2n) is 4.58. The Morgan fingerprint density at radius 1 is 1.14 bits per heavy atom. The molecule has 2 aromatic carbocycles. The van der Waals surface area contributed by atoms with Crippen LogP contribution in [0.4, 0.5) is 17.1 Å². The van der Waals surface area contributed by atoms with Crippen LogP contribution in [0.5, 0.6) is 0 Å². The summed E-state index contributed by atoms with van der Waals surface area (Å²) in [6.45, 7) is 3.66. The largest absolute Gasteiger partial charge is 0.462 e. The van der Waals surface area contributed by atoms with Gasteiger partial charge in [-0.15, -0.1) is 0 Å². The van der Waals surface area contributed by atoms with Gasteiger partial charge in [-0.2, -0.15) is 10.2 Å². The van der Waals surface area contributed by atoms with Crippen LogP contribution in [0.3, 0.4) is 0 Å². The van der Waals surface area contributed by atoms with Crippen molar-refractivity contribution in [3.8, 4) is 0 Å². The van der Waals surface area contributed by atoms with E-state index < -0.39 is 5.97 Å². The van der Waals surface area contributed by atoms with Crippen LogP contribution in [-0.2, 0) is 16.0 Å². The van der Waals surface area contributed by atoms with Crippen molar-refractivity contribution in [2.45, 2.75) is 6.42 Å². The zero-order valence-corrected chi connectivity index (χ0v) is 12.1. The van der Waals surface area contributed by atoms with Crippen LogP contribution < -0.4 is 5.73 Å².